The van der Waals surface area contributed by atoms with Crippen molar-refractivity contribution in [1.82, 2.24) is 4.57 Å². The minimum absolute atomic E-state index is 0.268. The molecule has 1 N–H and O–H groups in total. The summed E-state index contributed by atoms with van der Waals surface area (Å²) in [6, 6.07) is 5.47. The Morgan fingerprint density at radius 1 is 1.28 bits per heavy atom. The SMILES string of the molecule is CN(C)c1c2c(n(-c3ccc(F)cc3)c(=O)c1C(=O)O)SC=CCC2. The number of nitrogens with zero attached hydrogens (tertiary/aromatic N) is 2. The van der Waals surface area contributed by atoms with Gasteiger partial charge in [0.25, 0.3) is 5.56 Å². The first-order chi connectivity index (χ1) is 11.9. The zero-order valence-electron chi connectivity index (χ0n) is 13.8. The Kier molecular flexibility index (Phi) is 4.67. The molecule has 1 aliphatic heterocycles. The molecule has 0 unspecified atom stereocenters. The van der Waals surface area contributed by atoms with Crippen LogP contribution >= 0.6 is 11.8 Å². The number of rotatable bonds is 3. The molecule has 0 spiro atoms. The zero-order valence-corrected chi connectivity index (χ0v) is 14.6. The zero-order chi connectivity index (χ0) is 18.1. The van der Waals surface area contributed by atoms with Crippen molar-refractivity contribution in [3.8, 4) is 5.69 Å². The number of halogens is 1. The lowest BCUT2D eigenvalue weighted by molar-refractivity contribution is 0.0695. The number of carboxylic acids is 1. The van der Waals surface area contributed by atoms with E-state index >= 15 is 0 Å². The van der Waals surface area contributed by atoms with Gasteiger partial charge in [-0.25, -0.2) is 9.18 Å². The standard InChI is InChI=1S/C18H17FN2O3S/c1-20(2)15-13-5-3-4-10-25-17(13)21(16(22)14(15)18(23)24)12-8-6-11(19)7-9-12/h4,6-10H,3,5H2,1-2H3,(H,23,24). The van der Waals surface area contributed by atoms with Crippen LogP contribution in [0.15, 0.2) is 45.6 Å². The molecule has 0 aliphatic carbocycles. The molecular weight excluding hydrogens is 343 g/mol. The number of carboxylic acid groups (broad SMARTS) is 1. The Morgan fingerprint density at radius 3 is 2.56 bits per heavy atom. The smallest absolute Gasteiger partial charge is 0.343 e. The number of fused-ring (bicyclic) bond motifs is 1. The Balaban J connectivity index is 2.44. The minimum Gasteiger partial charge on any atom is -0.477 e. The molecule has 2 heterocycles. The van der Waals surface area contributed by atoms with Crippen molar-refractivity contribution in [2.75, 3.05) is 19.0 Å². The summed E-state index contributed by atoms with van der Waals surface area (Å²) in [7, 11) is 3.46. The summed E-state index contributed by atoms with van der Waals surface area (Å²) < 4.78 is 14.6. The van der Waals surface area contributed by atoms with E-state index in [9.17, 15) is 19.1 Å². The average molecular weight is 360 g/mol. The van der Waals surface area contributed by atoms with Gasteiger partial charge in [0.15, 0.2) is 0 Å². The van der Waals surface area contributed by atoms with Crippen LogP contribution in [0.2, 0.25) is 0 Å². The van der Waals surface area contributed by atoms with Gasteiger partial charge < -0.3 is 10.0 Å². The summed E-state index contributed by atoms with van der Waals surface area (Å²) in [5.41, 5.74) is 0.793. The monoisotopic (exact) mass is 360 g/mol. The fraction of sp³-hybridized carbons (Fsp3) is 0.222. The maximum atomic E-state index is 13.3. The van der Waals surface area contributed by atoms with Gasteiger partial charge in [0, 0.05) is 25.3 Å². The second kappa shape index (κ2) is 6.76. The van der Waals surface area contributed by atoms with Gasteiger partial charge in [-0.15, -0.1) is 0 Å². The first kappa shape index (κ1) is 17.3. The van der Waals surface area contributed by atoms with Crippen LogP contribution in [-0.2, 0) is 6.42 Å². The van der Waals surface area contributed by atoms with Crippen molar-refractivity contribution < 1.29 is 14.3 Å². The van der Waals surface area contributed by atoms with E-state index in [1.807, 2.05) is 11.5 Å². The maximum Gasteiger partial charge on any atom is 0.343 e. The van der Waals surface area contributed by atoms with E-state index in [0.717, 1.165) is 12.0 Å². The fourth-order valence-corrected chi connectivity index (χ4v) is 3.96. The van der Waals surface area contributed by atoms with Crippen molar-refractivity contribution in [2.24, 2.45) is 0 Å². The number of pyridine rings is 1. The topological polar surface area (TPSA) is 62.5 Å². The molecule has 25 heavy (non-hydrogen) atoms. The Labute approximate surface area is 148 Å². The number of allylic oxidation sites excluding steroid dienone is 1. The highest BCUT2D eigenvalue weighted by molar-refractivity contribution is 8.02. The summed E-state index contributed by atoms with van der Waals surface area (Å²) in [5.74, 6) is -1.69. The molecule has 2 aromatic rings. The molecule has 0 amide bonds. The molecule has 0 saturated carbocycles. The van der Waals surface area contributed by atoms with Gasteiger partial charge in [-0.3, -0.25) is 9.36 Å². The van der Waals surface area contributed by atoms with Crippen LogP contribution in [0.3, 0.4) is 0 Å². The van der Waals surface area contributed by atoms with Gasteiger partial charge in [0.05, 0.1) is 10.7 Å². The Hall–Kier alpha value is -2.54. The van der Waals surface area contributed by atoms with E-state index in [-0.39, 0.29) is 5.56 Å². The first-order valence-electron chi connectivity index (χ1n) is 7.72. The molecule has 1 aromatic heterocycles. The molecule has 130 valence electrons. The van der Waals surface area contributed by atoms with Crippen molar-refractivity contribution in [3.63, 3.8) is 0 Å². The molecule has 0 fully saturated rings. The van der Waals surface area contributed by atoms with Crippen molar-refractivity contribution in [2.45, 2.75) is 17.9 Å². The average Bonchev–Trinajstić information content (AvgIpc) is 2.80. The summed E-state index contributed by atoms with van der Waals surface area (Å²) in [4.78, 5) is 26.5. The number of aromatic nitrogens is 1. The third-order valence-electron chi connectivity index (χ3n) is 3.98. The Bertz CT molecular complexity index is 917. The Morgan fingerprint density at radius 2 is 1.96 bits per heavy atom. The summed E-state index contributed by atoms with van der Waals surface area (Å²) in [5, 5.41) is 12.2. The number of benzene rings is 1. The minimum atomic E-state index is -1.27. The van der Waals surface area contributed by atoms with Gasteiger partial charge in [-0.1, -0.05) is 17.8 Å². The van der Waals surface area contributed by atoms with Crippen molar-refractivity contribution in [3.05, 3.63) is 63.0 Å². The molecule has 3 rings (SSSR count). The van der Waals surface area contributed by atoms with Gasteiger partial charge in [-0.05, 0) is 42.5 Å². The largest absolute Gasteiger partial charge is 0.477 e. The number of thioether (sulfide) groups is 1. The molecule has 7 heteroatoms. The van der Waals surface area contributed by atoms with Crippen LogP contribution in [-0.4, -0.2) is 29.7 Å². The first-order valence-corrected chi connectivity index (χ1v) is 8.60. The quantitative estimate of drug-likeness (QED) is 0.910. The van der Waals surface area contributed by atoms with Crippen LogP contribution in [0.25, 0.3) is 5.69 Å². The molecular formula is C18H17FN2O3S. The molecule has 1 aliphatic rings. The number of carbonyl (C=O) groups is 1. The molecule has 1 aromatic carbocycles. The molecule has 0 bridgehead atoms. The number of hydrogen-bond donors (Lipinski definition) is 1. The highest BCUT2D eigenvalue weighted by Crippen LogP contribution is 2.36. The van der Waals surface area contributed by atoms with E-state index < -0.39 is 17.3 Å². The molecule has 0 radical (unpaired) electrons. The van der Waals surface area contributed by atoms with Crippen LogP contribution in [0.1, 0.15) is 22.3 Å². The fourth-order valence-electron chi connectivity index (χ4n) is 2.96. The van der Waals surface area contributed by atoms with Crippen LogP contribution in [0, 0.1) is 5.82 Å². The third-order valence-corrected chi connectivity index (χ3v) is 4.96. The molecule has 5 nitrogen and oxygen atoms in total. The van der Waals surface area contributed by atoms with Crippen LogP contribution < -0.4 is 10.5 Å². The van der Waals surface area contributed by atoms with E-state index in [2.05, 4.69) is 0 Å². The summed E-state index contributed by atoms with van der Waals surface area (Å²) >= 11 is 1.37. The number of hydrogen-bond acceptors (Lipinski definition) is 4. The molecule has 0 saturated heterocycles. The predicted molar refractivity (Wildman–Crippen MR) is 96.6 cm³/mol. The van der Waals surface area contributed by atoms with Crippen molar-refractivity contribution in [1.29, 1.82) is 0 Å². The lowest BCUT2D eigenvalue weighted by Crippen LogP contribution is -2.31. The van der Waals surface area contributed by atoms with Gasteiger partial charge in [0.2, 0.25) is 0 Å². The van der Waals surface area contributed by atoms with Crippen LogP contribution in [0.5, 0.6) is 0 Å². The van der Waals surface area contributed by atoms with E-state index in [4.69, 9.17) is 0 Å². The molecule has 0 atom stereocenters. The maximum absolute atomic E-state index is 13.3. The lowest BCUT2D eigenvalue weighted by Gasteiger charge is -2.24. The van der Waals surface area contributed by atoms with E-state index in [1.165, 1.54) is 40.6 Å². The van der Waals surface area contributed by atoms with Crippen LogP contribution in [0.4, 0.5) is 10.1 Å². The van der Waals surface area contributed by atoms with E-state index in [1.54, 1.807) is 19.0 Å². The summed E-state index contributed by atoms with van der Waals surface area (Å²) in [6.07, 6.45) is 3.36. The van der Waals surface area contributed by atoms with Gasteiger partial charge in [-0.2, -0.15) is 0 Å². The normalized spacial score (nSPS) is 13.2. The second-order valence-corrected chi connectivity index (χ2v) is 6.75. The van der Waals surface area contributed by atoms with Crippen molar-refractivity contribution >= 4 is 23.4 Å². The second-order valence-electron chi connectivity index (χ2n) is 5.85. The third kappa shape index (κ3) is 3.07. The highest BCUT2D eigenvalue weighted by Gasteiger charge is 2.28. The number of aromatic carboxylic acids is 1. The predicted octanol–water partition coefficient (Wildman–Crippen LogP) is 3.29. The highest BCUT2D eigenvalue weighted by atomic mass is 32.2. The number of anilines is 1. The van der Waals surface area contributed by atoms with Gasteiger partial charge >= 0.3 is 5.97 Å². The van der Waals surface area contributed by atoms with E-state index in [0.29, 0.717) is 22.8 Å². The summed E-state index contributed by atoms with van der Waals surface area (Å²) in [6.45, 7) is 0. The van der Waals surface area contributed by atoms with Gasteiger partial charge in [0.1, 0.15) is 11.4 Å². The lowest BCUT2D eigenvalue weighted by atomic mass is 10.0.